The van der Waals surface area contributed by atoms with E-state index in [-0.39, 0.29) is 5.56 Å². The minimum absolute atomic E-state index is 0.256. The molecule has 0 radical (unpaired) electrons. The number of hydrazone groups is 1. The van der Waals surface area contributed by atoms with Gasteiger partial charge in [0.15, 0.2) is 0 Å². The van der Waals surface area contributed by atoms with E-state index in [0.717, 1.165) is 15.0 Å². The molecule has 0 fully saturated rings. The molecule has 6 heteroatoms. The lowest BCUT2D eigenvalue weighted by Crippen LogP contribution is -1.96. The van der Waals surface area contributed by atoms with Gasteiger partial charge in [-0.2, -0.15) is 5.10 Å². The highest BCUT2D eigenvalue weighted by molar-refractivity contribution is 9.10. The zero-order valence-electron chi connectivity index (χ0n) is 9.13. The molecule has 2 rings (SSSR count). The third kappa shape index (κ3) is 3.41. The van der Waals surface area contributed by atoms with Gasteiger partial charge in [0.05, 0.1) is 17.5 Å². The number of thiophene rings is 1. The molecule has 0 spiro atoms. The van der Waals surface area contributed by atoms with Gasteiger partial charge in [-0.25, -0.2) is 4.79 Å². The summed E-state index contributed by atoms with van der Waals surface area (Å²) in [6.45, 7) is 0. The largest absolute Gasteiger partial charge is 0.478 e. The Hall–Kier alpha value is -1.66. The summed E-state index contributed by atoms with van der Waals surface area (Å²) in [5.41, 5.74) is 3.84. The van der Waals surface area contributed by atoms with E-state index < -0.39 is 5.97 Å². The molecule has 0 aliphatic heterocycles. The number of aromatic carboxylic acids is 1. The normalized spacial score (nSPS) is 10.7. The first kappa shape index (κ1) is 12.8. The van der Waals surface area contributed by atoms with Crippen LogP contribution in [0.1, 0.15) is 15.2 Å². The number of rotatable bonds is 4. The molecule has 1 aromatic heterocycles. The molecule has 0 saturated heterocycles. The van der Waals surface area contributed by atoms with E-state index in [1.165, 1.54) is 12.1 Å². The van der Waals surface area contributed by atoms with Crippen molar-refractivity contribution >= 4 is 45.1 Å². The van der Waals surface area contributed by atoms with Gasteiger partial charge in [0.1, 0.15) is 0 Å². The lowest BCUT2D eigenvalue weighted by atomic mass is 10.2. The maximum Gasteiger partial charge on any atom is 0.335 e. The highest BCUT2D eigenvalue weighted by Gasteiger charge is 2.00. The van der Waals surface area contributed by atoms with Crippen molar-refractivity contribution in [3.63, 3.8) is 0 Å². The number of carboxylic acids is 1. The van der Waals surface area contributed by atoms with Gasteiger partial charge in [0.2, 0.25) is 0 Å². The molecular formula is C12H9BrN2O2S. The molecule has 0 saturated carbocycles. The molecule has 4 nitrogen and oxygen atoms in total. The van der Waals surface area contributed by atoms with Crippen LogP contribution in [-0.2, 0) is 0 Å². The fraction of sp³-hybridized carbons (Fsp3) is 0. The van der Waals surface area contributed by atoms with Crippen LogP contribution in [0.25, 0.3) is 0 Å². The minimum atomic E-state index is -0.937. The van der Waals surface area contributed by atoms with E-state index in [1.54, 1.807) is 29.7 Å². The molecule has 2 N–H and O–H groups in total. The summed E-state index contributed by atoms with van der Waals surface area (Å²) >= 11 is 4.94. The standard InChI is InChI=1S/C12H9BrN2O2S/c13-9-5-11(18-7-9)6-14-15-10-3-1-8(2-4-10)12(16)17/h1-7,15H,(H,16,17)/b14-6-. The summed E-state index contributed by atoms with van der Waals surface area (Å²) < 4.78 is 1.03. The Morgan fingerprint density at radius 1 is 1.39 bits per heavy atom. The summed E-state index contributed by atoms with van der Waals surface area (Å²) in [7, 11) is 0. The van der Waals surface area contributed by atoms with Crippen LogP contribution in [0.3, 0.4) is 0 Å². The van der Waals surface area contributed by atoms with Gasteiger partial charge in [-0.3, -0.25) is 5.43 Å². The zero-order valence-corrected chi connectivity index (χ0v) is 11.5. The van der Waals surface area contributed by atoms with Crippen molar-refractivity contribution in [3.05, 3.63) is 50.6 Å². The maximum atomic E-state index is 10.7. The highest BCUT2D eigenvalue weighted by atomic mass is 79.9. The molecule has 0 aliphatic carbocycles. The number of carboxylic acid groups (broad SMARTS) is 1. The number of benzene rings is 1. The van der Waals surface area contributed by atoms with Crippen molar-refractivity contribution in [2.24, 2.45) is 5.10 Å². The maximum absolute atomic E-state index is 10.7. The molecule has 2 aromatic rings. The fourth-order valence-electron chi connectivity index (χ4n) is 1.25. The van der Waals surface area contributed by atoms with Gasteiger partial charge >= 0.3 is 5.97 Å². The Morgan fingerprint density at radius 2 is 2.11 bits per heavy atom. The van der Waals surface area contributed by atoms with Crippen LogP contribution in [0.4, 0.5) is 5.69 Å². The summed E-state index contributed by atoms with van der Waals surface area (Å²) in [6, 6.07) is 8.36. The van der Waals surface area contributed by atoms with Crippen LogP contribution in [0, 0.1) is 0 Å². The number of halogens is 1. The molecule has 1 heterocycles. The first-order chi connectivity index (χ1) is 8.65. The van der Waals surface area contributed by atoms with Crippen LogP contribution in [0.2, 0.25) is 0 Å². The minimum Gasteiger partial charge on any atom is -0.478 e. The predicted molar refractivity (Wildman–Crippen MR) is 76.6 cm³/mol. The van der Waals surface area contributed by atoms with Crippen molar-refractivity contribution in [1.29, 1.82) is 0 Å². The van der Waals surface area contributed by atoms with E-state index >= 15 is 0 Å². The SMILES string of the molecule is O=C(O)c1ccc(N/N=C\c2cc(Br)cs2)cc1. The first-order valence-corrected chi connectivity index (χ1v) is 6.69. The zero-order chi connectivity index (χ0) is 13.0. The third-order valence-corrected chi connectivity index (χ3v) is 3.73. The number of hydrogen-bond donors (Lipinski definition) is 2. The highest BCUT2D eigenvalue weighted by Crippen LogP contribution is 2.18. The molecule has 92 valence electrons. The second-order valence-corrected chi connectivity index (χ2v) is 5.28. The number of nitrogens with zero attached hydrogens (tertiary/aromatic N) is 1. The number of nitrogens with one attached hydrogen (secondary N) is 1. The van der Waals surface area contributed by atoms with Crippen LogP contribution >= 0.6 is 27.3 Å². The van der Waals surface area contributed by atoms with E-state index in [0.29, 0.717) is 0 Å². The average Bonchev–Trinajstić information content (AvgIpc) is 2.76. The quantitative estimate of drug-likeness (QED) is 0.666. The average molecular weight is 325 g/mol. The molecule has 0 aliphatic rings. The topological polar surface area (TPSA) is 61.7 Å². The Balaban J connectivity index is 1.98. The van der Waals surface area contributed by atoms with Gasteiger partial charge in [-0.1, -0.05) is 0 Å². The Bertz CT molecular complexity index is 578. The smallest absolute Gasteiger partial charge is 0.335 e. The van der Waals surface area contributed by atoms with E-state index in [1.807, 2.05) is 11.4 Å². The molecule has 1 aromatic carbocycles. The second-order valence-electron chi connectivity index (χ2n) is 3.42. The molecule has 0 unspecified atom stereocenters. The Kier molecular flexibility index (Phi) is 4.11. The number of hydrogen-bond acceptors (Lipinski definition) is 4. The Labute approximate surface area is 116 Å². The lowest BCUT2D eigenvalue weighted by Gasteiger charge is -1.99. The van der Waals surface area contributed by atoms with Gasteiger partial charge in [-0.15, -0.1) is 11.3 Å². The van der Waals surface area contributed by atoms with E-state index in [2.05, 4.69) is 26.5 Å². The van der Waals surface area contributed by atoms with Gasteiger partial charge < -0.3 is 5.11 Å². The van der Waals surface area contributed by atoms with Gasteiger partial charge in [-0.05, 0) is 46.3 Å². The number of anilines is 1. The summed E-state index contributed by atoms with van der Waals surface area (Å²) in [6.07, 6.45) is 1.71. The van der Waals surface area contributed by atoms with Crippen molar-refractivity contribution < 1.29 is 9.90 Å². The van der Waals surface area contributed by atoms with Crippen molar-refractivity contribution in [2.45, 2.75) is 0 Å². The fourth-order valence-corrected chi connectivity index (χ4v) is 2.56. The van der Waals surface area contributed by atoms with Crippen LogP contribution in [-0.4, -0.2) is 17.3 Å². The second kappa shape index (κ2) is 5.79. The van der Waals surface area contributed by atoms with E-state index in [4.69, 9.17) is 5.11 Å². The first-order valence-electron chi connectivity index (χ1n) is 5.01. The molecule has 18 heavy (non-hydrogen) atoms. The molecular weight excluding hydrogens is 316 g/mol. The molecule has 0 atom stereocenters. The summed E-state index contributed by atoms with van der Waals surface area (Å²) in [5.74, 6) is -0.937. The third-order valence-electron chi connectivity index (χ3n) is 2.11. The van der Waals surface area contributed by atoms with Crippen LogP contribution in [0.15, 0.2) is 45.3 Å². The summed E-state index contributed by atoms with van der Waals surface area (Å²) in [5, 5.41) is 14.8. The van der Waals surface area contributed by atoms with Crippen LogP contribution in [0.5, 0.6) is 0 Å². The summed E-state index contributed by atoms with van der Waals surface area (Å²) in [4.78, 5) is 11.7. The predicted octanol–water partition coefficient (Wildman–Crippen LogP) is 3.65. The monoisotopic (exact) mass is 324 g/mol. The van der Waals surface area contributed by atoms with Crippen molar-refractivity contribution in [2.75, 3.05) is 5.43 Å². The van der Waals surface area contributed by atoms with Gasteiger partial charge in [0, 0.05) is 14.7 Å². The molecule has 0 bridgehead atoms. The van der Waals surface area contributed by atoms with Crippen molar-refractivity contribution in [1.82, 2.24) is 0 Å². The van der Waals surface area contributed by atoms with Crippen LogP contribution < -0.4 is 5.43 Å². The van der Waals surface area contributed by atoms with Gasteiger partial charge in [0.25, 0.3) is 0 Å². The number of carbonyl (C=O) groups is 1. The molecule has 0 amide bonds. The van der Waals surface area contributed by atoms with E-state index in [9.17, 15) is 4.79 Å². The Morgan fingerprint density at radius 3 is 2.67 bits per heavy atom. The van der Waals surface area contributed by atoms with Crippen molar-refractivity contribution in [3.8, 4) is 0 Å². The lowest BCUT2D eigenvalue weighted by molar-refractivity contribution is 0.0697.